The molecule has 0 aliphatic rings. The van der Waals surface area contributed by atoms with Crippen LogP contribution in [-0.4, -0.2) is 15.3 Å². The van der Waals surface area contributed by atoms with Gasteiger partial charge in [0.15, 0.2) is 5.69 Å². The summed E-state index contributed by atoms with van der Waals surface area (Å²) in [5.41, 5.74) is -0.842. The zero-order valence-corrected chi connectivity index (χ0v) is 9.38. The third-order valence-corrected chi connectivity index (χ3v) is 2.45. The number of alkyl halides is 2. The number of halogens is 4. The summed E-state index contributed by atoms with van der Waals surface area (Å²) < 4.78 is 24.5. The van der Waals surface area contributed by atoms with E-state index in [-0.39, 0.29) is 3.70 Å². The quantitative estimate of drug-likeness (QED) is 0.514. The number of aromatic nitrogens is 1. The number of aromatic hydroxyl groups is 1. The topological polar surface area (TPSA) is 50.2 Å². The van der Waals surface area contributed by atoms with Crippen LogP contribution in [0.25, 0.3) is 0 Å². The first-order valence-electron chi connectivity index (χ1n) is 3.31. The van der Waals surface area contributed by atoms with E-state index in [0.717, 1.165) is 6.07 Å². The van der Waals surface area contributed by atoms with Crippen molar-refractivity contribution in [2.75, 3.05) is 0 Å². The number of carbonyl (C=O) groups excluding carboxylic acids is 1. The van der Waals surface area contributed by atoms with Crippen molar-refractivity contribution in [2.45, 2.75) is 6.43 Å². The third kappa shape index (κ3) is 2.30. The Bertz CT molecular complexity index is 386. The minimum atomic E-state index is -2.75. The maximum Gasteiger partial charge on any atom is 0.274 e. The van der Waals surface area contributed by atoms with Gasteiger partial charge in [-0.2, -0.15) is 0 Å². The van der Waals surface area contributed by atoms with Crippen LogP contribution in [0.5, 0.6) is 5.75 Å². The van der Waals surface area contributed by atoms with Gasteiger partial charge in [0.05, 0.1) is 5.56 Å². The van der Waals surface area contributed by atoms with E-state index in [0.29, 0.717) is 0 Å². The molecule has 1 aromatic rings. The van der Waals surface area contributed by atoms with Crippen LogP contribution in [0.15, 0.2) is 6.07 Å². The van der Waals surface area contributed by atoms with Gasteiger partial charge < -0.3 is 5.11 Å². The largest absolute Gasteiger partial charge is 0.505 e. The maximum absolute atomic E-state index is 12.3. The summed E-state index contributed by atoms with van der Waals surface area (Å²) in [7, 11) is 0. The second-order valence-corrected chi connectivity index (χ2v) is 3.68. The lowest BCUT2D eigenvalue weighted by molar-refractivity contribution is 0.107. The van der Waals surface area contributed by atoms with Gasteiger partial charge in [-0.25, -0.2) is 13.8 Å². The molecule has 0 aliphatic heterocycles. The molecule has 1 N–H and O–H groups in total. The lowest BCUT2D eigenvalue weighted by atomic mass is 10.2. The number of hydrogen-bond acceptors (Lipinski definition) is 3. The molecule has 76 valence electrons. The monoisotopic (exact) mass is 333 g/mol. The smallest absolute Gasteiger partial charge is 0.274 e. The van der Waals surface area contributed by atoms with Gasteiger partial charge >= 0.3 is 0 Å². The summed E-state index contributed by atoms with van der Waals surface area (Å²) in [6.45, 7) is 0. The van der Waals surface area contributed by atoms with E-state index in [2.05, 4.69) is 4.98 Å². The number of pyridine rings is 1. The van der Waals surface area contributed by atoms with Gasteiger partial charge in [-0.15, -0.1) is 0 Å². The molecule has 0 aliphatic carbocycles. The summed E-state index contributed by atoms with van der Waals surface area (Å²) in [4.78, 5) is 14.1. The van der Waals surface area contributed by atoms with E-state index >= 15 is 0 Å². The van der Waals surface area contributed by atoms with Crippen molar-refractivity contribution in [3.63, 3.8) is 0 Å². The van der Waals surface area contributed by atoms with Crippen LogP contribution in [0, 0.1) is 3.70 Å². The van der Waals surface area contributed by atoms with E-state index in [9.17, 15) is 13.6 Å². The predicted molar refractivity (Wildman–Crippen MR) is 53.8 cm³/mol. The van der Waals surface area contributed by atoms with Gasteiger partial charge in [-0.1, -0.05) is 0 Å². The molecule has 14 heavy (non-hydrogen) atoms. The number of hydrogen-bond donors (Lipinski definition) is 1. The molecule has 1 aromatic heterocycles. The van der Waals surface area contributed by atoms with Gasteiger partial charge in [0.1, 0.15) is 9.45 Å². The van der Waals surface area contributed by atoms with Crippen LogP contribution in [0.1, 0.15) is 22.5 Å². The Labute approximate surface area is 96.2 Å². The molecular formula is C7H3ClF2INO2. The standard InChI is InChI=1S/C7H3ClF2INO2/c8-5(14)4-3(13)1-2(6(9)10)7(11)12-4/h1,6,13H. The highest BCUT2D eigenvalue weighted by Crippen LogP contribution is 2.28. The van der Waals surface area contributed by atoms with Crippen molar-refractivity contribution in [1.29, 1.82) is 0 Å². The highest BCUT2D eigenvalue weighted by Gasteiger charge is 2.19. The van der Waals surface area contributed by atoms with Crippen LogP contribution in [0.3, 0.4) is 0 Å². The van der Waals surface area contributed by atoms with E-state index in [1.54, 1.807) is 0 Å². The molecule has 3 nitrogen and oxygen atoms in total. The molecule has 0 unspecified atom stereocenters. The molecule has 0 saturated carbocycles. The van der Waals surface area contributed by atoms with E-state index in [1.165, 1.54) is 22.6 Å². The Balaban J connectivity index is 3.31. The molecule has 0 radical (unpaired) electrons. The lowest BCUT2D eigenvalue weighted by Gasteiger charge is -2.05. The third-order valence-electron chi connectivity index (χ3n) is 1.40. The van der Waals surface area contributed by atoms with Gasteiger partial charge in [-0.3, -0.25) is 4.79 Å². The number of carbonyl (C=O) groups is 1. The Kier molecular flexibility index (Phi) is 3.59. The van der Waals surface area contributed by atoms with Crippen LogP contribution in [-0.2, 0) is 0 Å². The van der Waals surface area contributed by atoms with Gasteiger partial charge in [0.2, 0.25) is 0 Å². The average molecular weight is 333 g/mol. The zero-order valence-electron chi connectivity index (χ0n) is 6.47. The van der Waals surface area contributed by atoms with Crippen molar-refractivity contribution in [1.82, 2.24) is 4.98 Å². The highest BCUT2D eigenvalue weighted by atomic mass is 127. The molecule has 1 heterocycles. The second-order valence-electron chi connectivity index (χ2n) is 2.31. The second kappa shape index (κ2) is 4.35. The molecule has 0 saturated heterocycles. The lowest BCUT2D eigenvalue weighted by Crippen LogP contribution is -2.01. The van der Waals surface area contributed by atoms with Crippen LogP contribution in [0.2, 0.25) is 0 Å². The molecule has 0 amide bonds. The van der Waals surface area contributed by atoms with Gasteiger partial charge in [0, 0.05) is 0 Å². The molecule has 7 heteroatoms. The molecule has 0 fully saturated rings. The zero-order chi connectivity index (χ0) is 10.9. The van der Waals surface area contributed by atoms with E-state index < -0.39 is 28.7 Å². The van der Waals surface area contributed by atoms with Crippen molar-refractivity contribution in [3.8, 4) is 5.75 Å². The summed E-state index contributed by atoms with van der Waals surface area (Å²) in [6.07, 6.45) is -2.75. The molecule has 0 aromatic carbocycles. The maximum atomic E-state index is 12.3. The fraction of sp³-hybridized carbons (Fsp3) is 0.143. The van der Waals surface area contributed by atoms with Gasteiger partial charge in [0.25, 0.3) is 11.7 Å². The SMILES string of the molecule is O=C(Cl)c1nc(I)c(C(F)F)cc1O. The van der Waals surface area contributed by atoms with Crippen molar-refractivity contribution < 1.29 is 18.7 Å². The number of nitrogens with zero attached hydrogens (tertiary/aromatic N) is 1. The first kappa shape index (κ1) is 11.6. The fourth-order valence-corrected chi connectivity index (χ4v) is 1.56. The number of rotatable bonds is 2. The molecule has 1 rings (SSSR count). The first-order chi connectivity index (χ1) is 6.43. The summed E-state index contributed by atoms with van der Waals surface area (Å²) in [5, 5.41) is 8.15. The Morgan fingerprint density at radius 2 is 2.21 bits per heavy atom. The van der Waals surface area contributed by atoms with E-state index in [4.69, 9.17) is 16.7 Å². The summed E-state index contributed by atoms with van der Waals surface area (Å²) in [6, 6.07) is 0.787. The van der Waals surface area contributed by atoms with Crippen molar-refractivity contribution in [2.24, 2.45) is 0 Å². The van der Waals surface area contributed by atoms with E-state index in [1.807, 2.05) is 0 Å². The van der Waals surface area contributed by atoms with Crippen LogP contribution in [0.4, 0.5) is 8.78 Å². The Morgan fingerprint density at radius 3 is 2.64 bits per heavy atom. The minimum absolute atomic E-state index is 0.0561. The van der Waals surface area contributed by atoms with Crippen molar-refractivity contribution in [3.05, 3.63) is 21.0 Å². The van der Waals surface area contributed by atoms with Crippen LogP contribution >= 0.6 is 34.2 Å². The Morgan fingerprint density at radius 1 is 1.64 bits per heavy atom. The predicted octanol–water partition coefficient (Wildman–Crippen LogP) is 2.71. The van der Waals surface area contributed by atoms with Crippen LogP contribution < -0.4 is 0 Å². The highest BCUT2D eigenvalue weighted by molar-refractivity contribution is 14.1. The van der Waals surface area contributed by atoms with Gasteiger partial charge in [-0.05, 0) is 40.3 Å². The summed E-state index contributed by atoms with van der Waals surface area (Å²) in [5.74, 6) is -0.638. The molecule has 0 atom stereocenters. The summed E-state index contributed by atoms with van der Waals surface area (Å²) >= 11 is 6.60. The Hall–Kier alpha value is -0.500. The first-order valence-corrected chi connectivity index (χ1v) is 4.76. The normalized spacial score (nSPS) is 10.6. The molecule has 0 spiro atoms. The molecule has 0 bridgehead atoms. The average Bonchev–Trinajstić information content (AvgIpc) is 2.07. The minimum Gasteiger partial charge on any atom is -0.505 e. The fourth-order valence-electron chi connectivity index (χ4n) is 0.793. The molecular weight excluding hydrogens is 330 g/mol. The van der Waals surface area contributed by atoms with Crippen molar-refractivity contribution >= 4 is 39.4 Å².